The van der Waals surface area contributed by atoms with Gasteiger partial charge in [0.15, 0.2) is 0 Å². The predicted molar refractivity (Wildman–Crippen MR) is 130 cm³/mol. The van der Waals surface area contributed by atoms with Crippen LogP contribution in [-0.4, -0.2) is 36.6 Å². The van der Waals surface area contributed by atoms with Crippen molar-refractivity contribution < 1.29 is 19.7 Å². The number of aliphatic hydroxyl groups is 2. The summed E-state index contributed by atoms with van der Waals surface area (Å²) in [7, 11) is 0. The van der Waals surface area contributed by atoms with Gasteiger partial charge in [-0.3, -0.25) is 0 Å². The van der Waals surface area contributed by atoms with Crippen molar-refractivity contribution in [3.05, 3.63) is 59.7 Å². The van der Waals surface area contributed by atoms with Crippen molar-refractivity contribution in [1.82, 2.24) is 0 Å². The molecular formula is C28H40O4. The molecule has 0 bridgehead atoms. The normalized spacial score (nSPS) is 18.4. The molecule has 2 N–H and O–H groups in total. The van der Waals surface area contributed by atoms with Gasteiger partial charge in [0.05, 0.1) is 13.2 Å². The Bertz CT molecular complexity index is 668. The van der Waals surface area contributed by atoms with Crippen LogP contribution in [-0.2, 0) is 0 Å². The zero-order chi connectivity index (χ0) is 22.4. The van der Waals surface area contributed by atoms with E-state index >= 15 is 0 Å². The maximum atomic E-state index is 8.83. The Morgan fingerprint density at radius 3 is 1.25 bits per heavy atom. The summed E-state index contributed by atoms with van der Waals surface area (Å²) < 4.78 is 11.6. The first-order valence-electron chi connectivity index (χ1n) is 12.5. The van der Waals surface area contributed by atoms with Crippen molar-refractivity contribution in [2.45, 2.75) is 76.0 Å². The lowest BCUT2D eigenvalue weighted by Gasteiger charge is -2.29. The molecule has 0 heterocycles. The summed E-state index contributed by atoms with van der Waals surface area (Å²) in [5, 5.41) is 17.7. The minimum atomic E-state index is 0.267. The third kappa shape index (κ3) is 8.14. The van der Waals surface area contributed by atoms with Crippen LogP contribution >= 0.6 is 0 Å². The minimum absolute atomic E-state index is 0.267. The summed E-state index contributed by atoms with van der Waals surface area (Å²) in [4.78, 5) is 0. The maximum Gasteiger partial charge on any atom is 0.119 e. The fourth-order valence-electron chi connectivity index (χ4n) is 4.59. The number of hydrogen-bond acceptors (Lipinski definition) is 4. The standard InChI is InChI=1S/C28H40O4/c29-19-3-1-5-21-31-27-15-11-25(12-16-27)23-7-9-24(10-8-23)26-13-17-28(18-14-26)32-22-6-2-4-20-30/h11-18,23-24,29-30H,1-10,19-22H2. The Morgan fingerprint density at radius 2 is 0.906 bits per heavy atom. The van der Waals surface area contributed by atoms with Crippen LogP contribution in [0.5, 0.6) is 11.5 Å². The van der Waals surface area contributed by atoms with Gasteiger partial charge in [-0.25, -0.2) is 0 Å². The largest absolute Gasteiger partial charge is 0.494 e. The van der Waals surface area contributed by atoms with Crippen LogP contribution in [0, 0.1) is 0 Å². The van der Waals surface area contributed by atoms with E-state index in [2.05, 4.69) is 48.5 Å². The average molecular weight is 441 g/mol. The van der Waals surface area contributed by atoms with Crippen LogP contribution in [0.1, 0.15) is 87.2 Å². The van der Waals surface area contributed by atoms with Gasteiger partial charge in [0, 0.05) is 13.2 Å². The van der Waals surface area contributed by atoms with Crippen molar-refractivity contribution in [3.8, 4) is 11.5 Å². The second-order valence-corrected chi connectivity index (χ2v) is 8.95. The highest BCUT2D eigenvalue weighted by Gasteiger charge is 2.23. The van der Waals surface area contributed by atoms with Gasteiger partial charge in [0.1, 0.15) is 11.5 Å². The van der Waals surface area contributed by atoms with Gasteiger partial charge in [-0.05, 0) is 111 Å². The smallest absolute Gasteiger partial charge is 0.119 e. The molecule has 0 spiro atoms. The van der Waals surface area contributed by atoms with Gasteiger partial charge in [0.25, 0.3) is 0 Å². The second-order valence-electron chi connectivity index (χ2n) is 8.95. The van der Waals surface area contributed by atoms with E-state index in [-0.39, 0.29) is 13.2 Å². The molecule has 1 aliphatic rings. The van der Waals surface area contributed by atoms with E-state index in [1.165, 1.54) is 36.8 Å². The van der Waals surface area contributed by atoms with Gasteiger partial charge in [0.2, 0.25) is 0 Å². The first kappa shape index (κ1) is 24.6. The molecule has 0 saturated heterocycles. The molecule has 4 nitrogen and oxygen atoms in total. The highest BCUT2D eigenvalue weighted by Crippen LogP contribution is 2.41. The van der Waals surface area contributed by atoms with Gasteiger partial charge < -0.3 is 19.7 Å². The fourth-order valence-corrected chi connectivity index (χ4v) is 4.59. The number of hydrogen-bond donors (Lipinski definition) is 2. The van der Waals surface area contributed by atoms with Gasteiger partial charge in [-0.2, -0.15) is 0 Å². The molecule has 1 aliphatic carbocycles. The predicted octanol–water partition coefficient (Wildman–Crippen LogP) is 6.21. The summed E-state index contributed by atoms with van der Waals surface area (Å²) in [6, 6.07) is 17.4. The zero-order valence-electron chi connectivity index (χ0n) is 19.4. The lowest BCUT2D eigenvalue weighted by molar-refractivity contribution is 0.265. The number of ether oxygens (including phenoxy) is 2. The van der Waals surface area contributed by atoms with Crippen LogP contribution in [0.2, 0.25) is 0 Å². The van der Waals surface area contributed by atoms with E-state index in [1.807, 2.05) is 0 Å². The van der Waals surface area contributed by atoms with E-state index in [4.69, 9.17) is 19.7 Å². The summed E-state index contributed by atoms with van der Waals surface area (Å²) in [5.41, 5.74) is 2.86. The van der Waals surface area contributed by atoms with E-state index < -0.39 is 0 Å². The van der Waals surface area contributed by atoms with E-state index in [1.54, 1.807) is 0 Å². The summed E-state index contributed by atoms with van der Waals surface area (Å²) in [6.45, 7) is 1.98. The van der Waals surface area contributed by atoms with E-state index in [9.17, 15) is 0 Å². The Kier molecular flexibility index (Phi) is 10.9. The van der Waals surface area contributed by atoms with Crippen molar-refractivity contribution in [1.29, 1.82) is 0 Å². The molecule has 0 aromatic heterocycles. The third-order valence-corrected chi connectivity index (χ3v) is 6.57. The van der Waals surface area contributed by atoms with Crippen molar-refractivity contribution in [2.24, 2.45) is 0 Å². The third-order valence-electron chi connectivity index (χ3n) is 6.57. The molecular weight excluding hydrogens is 400 g/mol. The quantitative estimate of drug-likeness (QED) is 0.343. The zero-order valence-corrected chi connectivity index (χ0v) is 19.4. The number of aliphatic hydroxyl groups excluding tert-OH is 2. The fraction of sp³-hybridized carbons (Fsp3) is 0.571. The SMILES string of the molecule is OCCCCCOc1ccc(C2CCC(c3ccc(OCCCCCO)cc3)CC2)cc1. The van der Waals surface area contributed by atoms with Crippen LogP contribution in [0.4, 0.5) is 0 Å². The summed E-state index contributed by atoms with van der Waals surface area (Å²) >= 11 is 0. The molecule has 0 unspecified atom stereocenters. The first-order chi connectivity index (χ1) is 15.8. The number of benzene rings is 2. The summed E-state index contributed by atoms with van der Waals surface area (Å²) in [5.74, 6) is 3.18. The Morgan fingerprint density at radius 1 is 0.531 bits per heavy atom. The van der Waals surface area contributed by atoms with E-state index in [0.29, 0.717) is 11.8 Å². The molecule has 0 amide bonds. The second kappa shape index (κ2) is 14.2. The monoisotopic (exact) mass is 440 g/mol. The van der Waals surface area contributed by atoms with Crippen LogP contribution in [0.3, 0.4) is 0 Å². The summed E-state index contributed by atoms with van der Waals surface area (Å²) in [6.07, 6.45) is 10.6. The first-order valence-corrected chi connectivity index (χ1v) is 12.5. The van der Waals surface area contributed by atoms with Crippen molar-refractivity contribution in [2.75, 3.05) is 26.4 Å². The molecule has 0 atom stereocenters. The number of rotatable bonds is 14. The highest BCUT2D eigenvalue weighted by atomic mass is 16.5. The molecule has 2 aromatic rings. The molecule has 1 fully saturated rings. The highest BCUT2D eigenvalue weighted by molar-refractivity contribution is 5.32. The van der Waals surface area contributed by atoms with Gasteiger partial charge in [-0.15, -0.1) is 0 Å². The lowest BCUT2D eigenvalue weighted by Crippen LogP contribution is -2.12. The Labute approximate surface area is 193 Å². The average Bonchev–Trinajstić information content (AvgIpc) is 2.85. The molecule has 176 valence electrons. The molecule has 4 heteroatoms. The van der Waals surface area contributed by atoms with Gasteiger partial charge in [-0.1, -0.05) is 24.3 Å². The van der Waals surface area contributed by atoms with Crippen LogP contribution < -0.4 is 9.47 Å². The number of unbranched alkanes of at least 4 members (excludes halogenated alkanes) is 4. The topological polar surface area (TPSA) is 58.9 Å². The molecule has 0 aliphatic heterocycles. The Balaban J connectivity index is 1.39. The molecule has 1 saturated carbocycles. The molecule has 3 rings (SSSR count). The van der Waals surface area contributed by atoms with Crippen molar-refractivity contribution >= 4 is 0 Å². The van der Waals surface area contributed by atoms with Crippen LogP contribution in [0.25, 0.3) is 0 Å². The van der Waals surface area contributed by atoms with E-state index in [0.717, 1.165) is 63.2 Å². The molecule has 0 radical (unpaired) electrons. The van der Waals surface area contributed by atoms with Crippen LogP contribution in [0.15, 0.2) is 48.5 Å². The molecule has 2 aromatic carbocycles. The maximum absolute atomic E-state index is 8.83. The molecule has 32 heavy (non-hydrogen) atoms. The minimum Gasteiger partial charge on any atom is -0.494 e. The lowest BCUT2D eigenvalue weighted by atomic mass is 9.76. The van der Waals surface area contributed by atoms with Gasteiger partial charge >= 0.3 is 0 Å². The Hall–Kier alpha value is -2.04. The van der Waals surface area contributed by atoms with Crippen molar-refractivity contribution in [3.63, 3.8) is 0 Å².